The quantitative estimate of drug-likeness (QED) is 0.190. The predicted molar refractivity (Wildman–Crippen MR) is 178 cm³/mol. The first-order valence-corrected chi connectivity index (χ1v) is 17.3. The van der Waals surface area contributed by atoms with E-state index >= 15 is 0 Å². The summed E-state index contributed by atoms with van der Waals surface area (Å²) >= 11 is 6.63. The molecular weight excluding hydrogens is 588 g/mol. The zero-order valence-electron chi connectivity index (χ0n) is 25.6. The Bertz CT molecular complexity index is 1470. The molecule has 1 aliphatic rings. The molecule has 0 bridgehead atoms. The normalized spacial score (nSPS) is 19.5. The second-order valence-electron chi connectivity index (χ2n) is 12.5. The van der Waals surface area contributed by atoms with Crippen LogP contribution in [0.15, 0.2) is 109 Å². The van der Waals surface area contributed by atoms with Gasteiger partial charge in [-0.25, -0.2) is 0 Å². The molecule has 0 aromatic heterocycles. The van der Waals surface area contributed by atoms with E-state index in [2.05, 4.69) is 75.4 Å². The summed E-state index contributed by atoms with van der Waals surface area (Å²) in [4.78, 5) is 11.4. The number of carbonyl (C=O) groups is 1. The summed E-state index contributed by atoms with van der Waals surface area (Å²) in [6, 6.07) is 36.8. The van der Waals surface area contributed by atoms with Crippen molar-refractivity contribution in [2.24, 2.45) is 11.3 Å². The van der Waals surface area contributed by atoms with Gasteiger partial charge in [0, 0.05) is 22.9 Å². The maximum Gasteiger partial charge on any atom is 0.303 e. The van der Waals surface area contributed by atoms with Crippen LogP contribution in [0.4, 0.5) is 0 Å². The van der Waals surface area contributed by atoms with Crippen molar-refractivity contribution in [1.29, 1.82) is 0 Å². The summed E-state index contributed by atoms with van der Waals surface area (Å²) in [5.74, 6) is -0.839. The lowest BCUT2D eigenvalue weighted by Gasteiger charge is -2.46. The Hall–Kier alpha value is -3.26. The van der Waals surface area contributed by atoms with Crippen molar-refractivity contribution in [3.05, 3.63) is 131 Å². The summed E-state index contributed by atoms with van der Waals surface area (Å²) in [6.45, 7) is 7.08. The Morgan fingerprint density at radius 3 is 2.05 bits per heavy atom. The van der Waals surface area contributed by atoms with Crippen LogP contribution in [0, 0.1) is 11.3 Å². The van der Waals surface area contributed by atoms with Crippen LogP contribution in [-0.4, -0.2) is 38.9 Å². The van der Waals surface area contributed by atoms with Crippen LogP contribution in [0.3, 0.4) is 0 Å². The van der Waals surface area contributed by atoms with Gasteiger partial charge in [-0.1, -0.05) is 136 Å². The molecule has 230 valence electrons. The van der Waals surface area contributed by atoms with Crippen LogP contribution >= 0.6 is 11.6 Å². The van der Waals surface area contributed by atoms with E-state index < -0.39 is 21.3 Å². The largest absolute Gasteiger partial charge is 0.481 e. The molecule has 1 aliphatic heterocycles. The van der Waals surface area contributed by atoms with Crippen molar-refractivity contribution in [1.82, 2.24) is 0 Å². The standard InChI is InChI=1S/C37H41ClO5Si/c1-37(2,3)35(43-44(29-16-6-4-7-17-29)30-18-8-5-9-19-30)34-28(24-27-15-11-10-14-26(27)22-23-33(39)40)25-41-36(42-34)31-20-12-13-21-32(31)38/h4-21,28,34-36,44H,22-25H2,1-3H3,(H,39,40). The second-order valence-corrected chi connectivity index (χ2v) is 15.3. The minimum atomic E-state index is -2.14. The van der Waals surface area contributed by atoms with E-state index in [9.17, 15) is 9.90 Å². The van der Waals surface area contributed by atoms with Gasteiger partial charge >= 0.3 is 5.97 Å². The van der Waals surface area contributed by atoms with Crippen molar-refractivity contribution >= 4 is 37.0 Å². The van der Waals surface area contributed by atoms with Crippen molar-refractivity contribution in [3.63, 3.8) is 0 Å². The summed E-state index contributed by atoms with van der Waals surface area (Å²) in [7, 11) is -2.14. The number of aryl methyl sites for hydroxylation is 1. The number of rotatable bonds is 11. The Balaban J connectivity index is 1.54. The molecule has 5 nitrogen and oxygen atoms in total. The Kier molecular flexibility index (Phi) is 10.7. The summed E-state index contributed by atoms with van der Waals surface area (Å²) in [5.41, 5.74) is 2.67. The molecule has 4 unspecified atom stereocenters. The van der Waals surface area contributed by atoms with Crippen LogP contribution in [0.1, 0.15) is 50.2 Å². The second kappa shape index (κ2) is 14.7. The molecule has 0 radical (unpaired) electrons. The van der Waals surface area contributed by atoms with E-state index in [4.69, 9.17) is 25.5 Å². The molecule has 5 rings (SSSR count). The van der Waals surface area contributed by atoms with Crippen LogP contribution in [0.2, 0.25) is 5.02 Å². The molecule has 0 saturated carbocycles. The summed E-state index contributed by atoms with van der Waals surface area (Å²) < 4.78 is 20.7. The molecule has 0 aliphatic carbocycles. The van der Waals surface area contributed by atoms with E-state index in [0.29, 0.717) is 24.5 Å². The predicted octanol–water partition coefficient (Wildman–Crippen LogP) is 6.60. The highest BCUT2D eigenvalue weighted by Gasteiger charge is 2.45. The van der Waals surface area contributed by atoms with Gasteiger partial charge in [0.25, 0.3) is 0 Å². The molecule has 1 saturated heterocycles. The molecular formula is C37H41ClO5Si. The van der Waals surface area contributed by atoms with Crippen LogP contribution in [0.5, 0.6) is 0 Å². The van der Waals surface area contributed by atoms with E-state index in [1.165, 1.54) is 10.4 Å². The molecule has 0 spiro atoms. The minimum Gasteiger partial charge on any atom is -0.481 e. The molecule has 4 aromatic rings. The van der Waals surface area contributed by atoms with Crippen molar-refractivity contribution in [3.8, 4) is 0 Å². The lowest BCUT2D eigenvalue weighted by molar-refractivity contribution is -0.267. The van der Waals surface area contributed by atoms with Crippen LogP contribution < -0.4 is 10.4 Å². The monoisotopic (exact) mass is 628 g/mol. The molecule has 4 aromatic carbocycles. The number of halogens is 1. The first-order chi connectivity index (χ1) is 21.2. The third-order valence-corrected chi connectivity index (χ3v) is 11.1. The number of aliphatic carboxylic acids is 1. The maximum atomic E-state index is 11.4. The molecule has 1 heterocycles. The van der Waals surface area contributed by atoms with Crippen molar-refractivity contribution in [2.45, 2.75) is 58.5 Å². The molecule has 4 atom stereocenters. The number of hydrogen-bond donors (Lipinski definition) is 1. The average molecular weight is 629 g/mol. The van der Waals surface area contributed by atoms with E-state index in [-0.39, 0.29) is 30.0 Å². The number of carboxylic acid groups (broad SMARTS) is 1. The van der Waals surface area contributed by atoms with Gasteiger partial charge in [0.15, 0.2) is 6.29 Å². The third kappa shape index (κ3) is 8.06. The topological polar surface area (TPSA) is 65.0 Å². The highest BCUT2D eigenvalue weighted by molar-refractivity contribution is 6.80. The number of ether oxygens (including phenoxy) is 2. The number of carboxylic acids is 1. The summed E-state index contributed by atoms with van der Waals surface area (Å²) in [5, 5.41) is 12.4. The van der Waals surface area contributed by atoms with Crippen molar-refractivity contribution < 1.29 is 23.8 Å². The number of hydrogen-bond acceptors (Lipinski definition) is 4. The van der Waals surface area contributed by atoms with Crippen molar-refractivity contribution in [2.75, 3.05) is 6.61 Å². The van der Waals surface area contributed by atoms with Gasteiger partial charge in [-0.2, -0.15) is 0 Å². The van der Waals surface area contributed by atoms with Gasteiger partial charge in [-0.05, 0) is 45.8 Å². The first-order valence-electron chi connectivity index (χ1n) is 15.3. The minimum absolute atomic E-state index is 0.0369. The Labute approximate surface area is 267 Å². The molecule has 1 fully saturated rings. The van der Waals surface area contributed by atoms with Gasteiger partial charge in [0.05, 0.1) is 18.8 Å². The van der Waals surface area contributed by atoms with E-state index in [1.54, 1.807) is 0 Å². The fraction of sp³-hybridized carbons (Fsp3) is 0.324. The maximum absolute atomic E-state index is 11.4. The Morgan fingerprint density at radius 2 is 1.45 bits per heavy atom. The van der Waals surface area contributed by atoms with Gasteiger partial charge in [0.2, 0.25) is 9.04 Å². The SMILES string of the molecule is CC(C)(C)C(O[SiH](c1ccccc1)c1ccccc1)C1OC(c2ccccc2Cl)OCC1Cc1ccccc1CCC(=O)O. The fourth-order valence-corrected chi connectivity index (χ4v) is 8.90. The third-order valence-electron chi connectivity index (χ3n) is 8.21. The fourth-order valence-electron chi connectivity index (χ4n) is 5.97. The van der Waals surface area contributed by atoms with E-state index in [0.717, 1.165) is 16.7 Å². The Morgan fingerprint density at radius 1 is 0.886 bits per heavy atom. The number of benzene rings is 4. The lowest BCUT2D eigenvalue weighted by Crippen LogP contribution is -2.57. The van der Waals surface area contributed by atoms with Gasteiger partial charge in [-0.3, -0.25) is 4.79 Å². The highest BCUT2D eigenvalue weighted by Crippen LogP contribution is 2.40. The van der Waals surface area contributed by atoms with Gasteiger partial charge in [-0.15, -0.1) is 0 Å². The molecule has 44 heavy (non-hydrogen) atoms. The zero-order chi connectivity index (χ0) is 31.1. The highest BCUT2D eigenvalue weighted by atomic mass is 35.5. The smallest absolute Gasteiger partial charge is 0.303 e. The lowest BCUT2D eigenvalue weighted by atomic mass is 9.79. The average Bonchev–Trinajstić information content (AvgIpc) is 3.02. The first kappa shape index (κ1) is 32.1. The van der Waals surface area contributed by atoms with Crippen LogP contribution in [0.25, 0.3) is 0 Å². The van der Waals surface area contributed by atoms with Gasteiger partial charge in [0.1, 0.15) is 0 Å². The van der Waals surface area contributed by atoms with Crippen LogP contribution in [-0.2, 0) is 31.5 Å². The summed E-state index contributed by atoms with van der Waals surface area (Å²) in [6.07, 6.45) is 0.0123. The molecule has 0 amide bonds. The zero-order valence-corrected chi connectivity index (χ0v) is 27.5. The molecule has 1 N–H and O–H groups in total. The van der Waals surface area contributed by atoms with E-state index in [1.807, 2.05) is 54.6 Å². The molecule has 7 heteroatoms. The van der Waals surface area contributed by atoms with Gasteiger partial charge < -0.3 is 19.0 Å².